The minimum absolute atomic E-state index is 0.00419. The molecule has 1 N–H and O–H groups in total. The summed E-state index contributed by atoms with van der Waals surface area (Å²) in [6, 6.07) is 16.0. The van der Waals surface area contributed by atoms with E-state index in [-0.39, 0.29) is 23.9 Å². The van der Waals surface area contributed by atoms with Gasteiger partial charge in [-0.25, -0.2) is 4.79 Å². The zero-order chi connectivity index (χ0) is 24.1. The number of urea groups is 1. The molecule has 2 fully saturated rings. The smallest absolute Gasteiger partial charge is 0.318 e. The average Bonchev–Trinajstić information content (AvgIpc) is 3.36. The Hall–Kier alpha value is -3.06. The minimum atomic E-state index is -0.447. The molecular formula is C26H31ClN4O3. The molecule has 7 nitrogen and oxygen atoms in total. The number of halogens is 1. The van der Waals surface area contributed by atoms with Gasteiger partial charge in [0.15, 0.2) is 0 Å². The summed E-state index contributed by atoms with van der Waals surface area (Å²) in [5.74, 6) is -0.0230. The van der Waals surface area contributed by atoms with E-state index in [2.05, 4.69) is 5.32 Å². The van der Waals surface area contributed by atoms with E-state index in [9.17, 15) is 14.4 Å². The number of amides is 4. The third kappa shape index (κ3) is 5.70. The van der Waals surface area contributed by atoms with Gasteiger partial charge in [0.25, 0.3) is 5.91 Å². The molecule has 2 heterocycles. The fraction of sp³-hybridized carbons (Fsp3) is 0.423. The highest BCUT2D eigenvalue weighted by Gasteiger charge is 2.36. The van der Waals surface area contributed by atoms with Crippen LogP contribution in [0, 0.1) is 0 Å². The summed E-state index contributed by atoms with van der Waals surface area (Å²) in [5.41, 5.74) is 1.68. The molecule has 0 unspecified atom stereocenters. The number of carbonyl (C=O) groups excluding carboxylic acids is 3. The Balaban J connectivity index is 1.28. The molecule has 0 aromatic heterocycles. The van der Waals surface area contributed by atoms with E-state index >= 15 is 0 Å². The summed E-state index contributed by atoms with van der Waals surface area (Å²) < 4.78 is 0. The normalized spacial score (nSPS) is 18.6. The van der Waals surface area contributed by atoms with Crippen LogP contribution in [0.1, 0.15) is 41.6 Å². The van der Waals surface area contributed by atoms with E-state index in [0.717, 1.165) is 12.0 Å². The van der Waals surface area contributed by atoms with Crippen LogP contribution in [0.15, 0.2) is 54.6 Å². The van der Waals surface area contributed by atoms with Gasteiger partial charge in [0.1, 0.15) is 6.04 Å². The van der Waals surface area contributed by atoms with Gasteiger partial charge in [-0.1, -0.05) is 41.9 Å². The van der Waals surface area contributed by atoms with Crippen molar-refractivity contribution in [2.45, 2.75) is 44.3 Å². The third-order valence-corrected chi connectivity index (χ3v) is 6.89. The molecule has 4 rings (SSSR count). The first-order valence-electron chi connectivity index (χ1n) is 11.8. The lowest BCUT2D eigenvalue weighted by atomic mass is 10.0. The maximum absolute atomic E-state index is 13.1. The highest BCUT2D eigenvalue weighted by molar-refractivity contribution is 6.30. The van der Waals surface area contributed by atoms with Crippen molar-refractivity contribution in [2.75, 3.05) is 26.7 Å². The van der Waals surface area contributed by atoms with Crippen molar-refractivity contribution in [2.24, 2.45) is 0 Å². The second-order valence-corrected chi connectivity index (χ2v) is 9.49. The summed E-state index contributed by atoms with van der Waals surface area (Å²) in [6.07, 6.45) is 2.88. The number of nitrogens with zero attached hydrogens (tertiary/aromatic N) is 3. The van der Waals surface area contributed by atoms with Gasteiger partial charge in [-0.3, -0.25) is 9.59 Å². The lowest BCUT2D eigenvalue weighted by Gasteiger charge is -2.34. The quantitative estimate of drug-likeness (QED) is 0.705. The van der Waals surface area contributed by atoms with Crippen molar-refractivity contribution in [1.29, 1.82) is 0 Å². The zero-order valence-electron chi connectivity index (χ0n) is 19.5. The molecule has 0 radical (unpaired) electrons. The number of likely N-dealkylation sites (tertiary alicyclic amines) is 2. The van der Waals surface area contributed by atoms with E-state index < -0.39 is 6.04 Å². The molecule has 0 aliphatic carbocycles. The van der Waals surface area contributed by atoms with Gasteiger partial charge in [-0.05, 0) is 55.5 Å². The molecule has 0 saturated carbocycles. The number of hydrogen-bond donors (Lipinski definition) is 1. The number of carbonyl (C=O) groups is 3. The summed E-state index contributed by atoms with van der Waals surface area (Å²) in [7, 11) is 1.77. The molecule has 1 atom stereocenters. The highest BCUT2D eigenvalue weighted by Crippen LogP contribution is 2.22. The number of benzene rings is 2. The van der Waals surface area contributed by atoms with Crippen LogP contribution in [-0.4, -0.2) is 71.3 Å². The first kappa shape index (κ1) is 24.1. The Labute approximate surface area is 205 Å². The lowest BCUT2D eigenvalue weighted by Crippen LogP contribution is -2.53. The summed E-state index contributed by atoms with van der Waals surface area (Å²) in [5, 5.41) is 3.76. The maximum atomic E-state index is 13.1. The van der Waals surface area contributed by atoms with Gasteiger partial charge in [-0.15, -0.1) is 0 Å². The monoisotopic (exact) mass is 482 g/mol. The Kier molecular flexibility index (Phi) is 7.73. The molecule has 4 amide bonds. The molecule has 2 aromatic rings. The molecule has 180 valence electrons. The highest BCUT2D eigenvalue weighted by atomic mass is 35.5. The Bertz CT molecular complexity index is 1010. The molecule has 0 bridgehead atoms. The van der Waals surface area contributed by atoms with Gasteiger partial charge in [0.05, 0.1) is 0 Å². The summed E-state index contributed by atoms with van der Waals surface area (Å²) >= 11 is 5.95. The molecule has 2 aliphatic rings. The number of piperidine rings is 1. The predicted molar refractivity (Wildman–Crippen MR) is 132 cm³/mol. The summed E-state index contributed by atoms with van der Waals surface area (Å²) in [4.78, 5) is 44.0. The first-order chi connectivity index (χ1) is 16.4. The van der Waals surface area contributed by atoms with Gasteiger partial charge in [0, 0.05) is 49.9 Å². The Morgan fingerprint density at radius 3 is 2.32 bits per heavy atom. The van der Waals surface area contributed by atoms with Gasteiger partial charge in [0.2, 0.25) is 5.91 Å². The van der Waals surface area contributed by atoms with Crippen LogP contribution in [-0.2, 0) is 11.3 Å². The molecule has 0 spiro atoms. The molecule has 34 heavy (non-hydrogen) atoms. The van der Waals surface area contributed by atoms with E-state index in [1.807, 2.05) is 59.5 Å². The van der Waals surface area contributed by atoms with Crippen LogP contribution in [0.5, 0.6) is 0 Å². The van der Waals surface area contributed by atoms with E-state index in [1.165, 1.54) is 0 Å². The van der Waals surface area contributed by atoms with Crippen LogP contribution in [0.4, 0.5) is 4.79 Å². The van der Waals surface area contributed by atoms with E-state index in [4.69, 9.17) is 11.6 Å². The fourth-order valence-electron chi connectivity index (χ4n) is 4.71. The molecule has 2 saturated heterocycles. The number of hydrogen-bond acceptors (Lipinski definition) is 3. The average molecular weight is 483 g/mol. The Morgan fingerprint density at radius 1 is 0.971 bits per heavy atom. The minimum Gasteiger partial charge on any atom is -0.340 e. The topological polar surface area (TPSA) is 73.0 Å². The standard InChI is InChI=1S/C26H31ClN4O3/c1-29(18-19-9-11-21(27)12-10-19)25(33)23-8-5-15-31(23)26(34)28-22-13-16-30(17-14-22)24(32)20-6-3-2-4-7-20/h2-4,6-7,9-12,22-23H,5,8,13-18H2,1H3,(H,28,34)/t23-/m1/s1. The van der Waals surface area contributed by atoms with Crippen molar-refractivity contribution in [1.82, 2.24) is 20.0 Å². The van der Waals surface area contributed by atoms with Crippen LogP contribution < -0.4 is 5.32 Å². The first-order valence-corrected chi connectivity index (χ1v) is 12.2. The van der Waals surface area contributed by atoms with Crippen LogP contribution >= 0.6 is 11.6 Å². The second kappa shape index (κ2) is 10.9. The third-order valence-electron chi connectivity index (χ3n) is 6.64. The molecule has 8 heteroatoms. The predicted octanol–water partition coefficient (Wildman–Crippen LogP) is 3.78. The van der Waals surface area contributed by atoms with Crippen molar-refractivity contribution < 1.29 is 14.4 Å². The fourth-order valence-corrected chi connectivity index (χ4v) is 4.84. The molecule has 2 aliphatic heterocycles. The number of likely N-dealkylation sites (N-methyl/N-ethyl adjacent to an activating group) is 1. The van der Waals surface area contributed by atoms with Crippen LogP contribution in [0.25, 0.3) is 0 Å². The Morgan fingerprint density at radius 2 is 1.65 bits per heavy atom. The molecular weight excluding hydrogens is 452 g/mol. The van der Waals surface area contributed by atoms with Gasteiger partial charge in [-0.2, -0.15) is 0 Å². The molecule has 2 aromatic carbocycles. The van der Waals surface area contributed by atoms with Gasteiger partial charge >= 0.3 is 6.03 Å². The van der Waals surface area contributed by atoms with Crippen LogP contribution in [0.2, 0.25) is 5.02 Å². The van der Waals surface area contributed by atoms with Crippen LogP contribution in [0.3, 0.4) is 0 Å². The number of nitrogens with one attached hydrogen (secondary N) is 1. The van der Waals surface area contributed by atoms with E-state index in [1.54, 1.807) is 16.8 Å². The zero-order valence-corrected chi connectivity index (χ0v) is 20.2. The van der Waals surface area contributed by atoms with Crippen molar-refractivity contribution in [3.8, 4) is 0 Å². The lowest BCUT2D eigenvalue weighted by molar-refractivity contribution is -0.134. The maximum Gasteiger partial charge on any atom is 0.318 e. The van der Waals surface area contributed by atoms with Gasteiger partial charge < -0.3 is 20.0 Å². The van der Waals surface area contributed by atoms with Crippen molar-refractivity contribution >= 4 is 29.4 Å². The van der Waals surface area contributed by atoms with Crippen molar-refractivity contribution in [3.63, 3.8) is 0 Å². The largest absolute Gasteiger partial charge is 0.340 e. The number of rotatable bonds is 5. The van der Waals surface area contributed by atoms with E-state index in [0.29, 0.717) is 56.0 Å². The second-order valence-electron chi connectivity index (χ2n) is 9.05. The van der Waals surface area contributed by atoms with Crippen molar-refractivity contribution in [3.05, 3.63) is 70.7 Å². The summed E-state index contributed by atoms with van der Waals surface area (Å²) in [6.45, 7) is 2.24. The SMILES string of the molecule is CN(Cc1ccc(Cl)cc1)C(=O)[C@H]1CCCN1C(=O)NC1CCN(C(=O)c2ccccc2)CC1.